The molecule has 1 atom stereocenters. The van der Waals surface area contributed by atoms with Gasteiger partial charge in [0.1, 0.15) is 5.75 Å². The Morgan fingerprint density at radius 2 is 1.74 bits per heavy atom. The molecule has 1 aromatic rings. The molecular formula is C18H27BrN2O2. The van der Waals surface area contributed by atoms with E-state index in [4.69, 9.17) is 4.74 Å². The Morgan fingerprint density at radius 1 is 1.22 bits per heavy atom. The van der Waals surface area contributed by atoms with Gasteiger partial charge in [0.2, 0.25) is 0 Å². The first-order valence-corrected chi connectivity index (χ1v) is 8.88. The molecule has 0 saturated carbocycles. The van der Waals surface area contributed by atoms with Crippen molar-refractivity contribution in [1.82, 2.24) is 10.6 Å². The lowest BCUT2D eigenvalue weighted by Crippen LogP contribution is -2.62. The predicted octanol–water partition coefficient (Wildman–Crippen LogP) is 3.64. The van der Waals surface area contributed by atoms with Gasteiger partial charge in [0.15, 0.2) is 6.10 Å². The van der Waals surface area contributed by atoms with Crippen molar-refractivity contribution in [2.75, 3.05) is 0 Å². The van der Waals surface area contributed by atoms with Crippen LogP contribution in [0.4, 0.5) is 0 Å². The van der Waals surface area contributed by atoms with Crippen LogP contribution in [0.25, 0.3) is 0 Å². The highest BCUT2D eigenvalue weighted by atomic mass is 79.9. The van der Waals surface area contributed by atoms with E-state index in [1.807, 2.05) is 24.3 Å². The van der Waals surface area contributed by atoms with Crippen LogP contribution in [-0.2, 0) is 4.79 Å². The molecule has 2 rings (SSSR count). The molecule has 0 radical (unpaired) electrons. The van der Waals surface area contributed by atoms with Gasteiger partial charge in [-0.3, -0.25) is 4.79 Å². The molecule has 1 fully saturated rings. The number of hydrogen-bond acceptors (Lipinski definition) is 3. The van der Waals surface area contributed by atoms with Crippen molar-refractivity contribution >= 4 is 21.8 Å². The van der Waals surface area contributed by atoms with Crippen LogP contribution in [0.15, 0.2) is 28.7 Å². The topological polar surface area (TPSA) is 50.4 Å². The van der Waals surface area contributed by atoms with Crippen molar-refractivity contribution < 1.29 is 9.53 Å². The van der Waals surface area contributed by atoms with Gasteiger partial charge in [0.25, 0.3) is 5.91 Å². The number of carbonyl (C=O) groups is 1. The Hall–Kier alpha value is -1.07. The zero-order valence-electron chi connectivity index (χ0n) is 14.6. The maximum atomic E-state index is 12.4. The number of benzene rings is 1. The second-order valence-corrected chi connectivity index (χ2v) is 8.64. The first-order valence-electron chi connectivity index (χ1n) is 8.08. The van der Waals surface area contributed by atoms with Crippen molar-refractivity contribution in [2.45, 2.75) is 70.7 Å². The van der Waals surface area contributed by atoms with E-state index in [2.05, 4.69) is 54.3 Å². The first-order chi connectivity index (χ1) is 10.6. The van der Waals surface area contributed by atoms with E-state index >= 15 is 0 Å². The van der Waals surface area contributed by atoms with Crippen LogP contribution in [0.3, 0.4) is 0 Å². The van der Waals surface area contributed by atoms with E-state index < -0.39 is 6.10 Å². The van der Waals surface area contributed by atoms with Crippen molar-refractivity contribution in [3.63, 3.8) is 0 Å². The minimum absolute atomic E-state index is 0.00942. The fraction of sp³-hybridized carbons (Fsp3) is 0.611. The number of amides is 1. The van der Waals surface area contributed by atoms with Gasteiger partial charge < -0.3 is 15.4 Å². The summed E-state index contributed by atoms with van der Waals surface area (Å²) in [5.41, 5.74) is 0.0188. The summed E-state index contributed by atoms with van der Waals surface area (Å²) in [5.74, 6) is 0.633. The maximum absolute atomic E-state index is 12.4. The number of carbonyl (C=O) groups excluding carboxylic acids is 1. The van der Waals surface area contributed by atoms with Gasteiger partial charge in [-0.15, -0.1) is 0 Å². The van der Waals surface area contributed by atoms with Crippen molar-refractivity contribution in [1.29, 1.82) is 0 Å². The van der Waals surface area contributed by atoms with Crippen molar-refractivity contribution in [2.24, 2.45) is 0 Å². The molecule has 1 aromatic carbocycles. The molecule has 1 aliphatic heterocycles. The lowest BCUT2D eigenvalue weighted by atomic mass is 9.79. The van der Waals surface area contributed by atoms with Gasteiger partial charge in [-0.25, -0.2) is 0 Å². The highest BCUT2D eigenvalue weighted by Gasteiger charge is 2.38. The summed E-state index contributed by atoms with van der Waals surface area (Å²) in [6.45, 7) is 10.5. The Bertz CT molecular complexity index is 539. The Morgan fingerprint density at radius 3 is 2.26 bits per heavy atom. The largest absolute Gasteiger partial charge is 0.481 e. The molecule has 5 heteroatoms. The number of rotatable bonds is 4. The average molecular weight is 383 g/mol. The van der Waals surface area contributed by atoms with Crippen LogP contribution in [-0.4, -0.2) is 29.1 Å². The average Bonchev–Trinajstić information content (AvgIpc) is 2.37. The lowest BCUT2D eigenvalue weighted by molar-refractivity contribution is -0.128. The standard InChI is InChI=1S/C18H27BrN2O2/c1-12(23-15-8-6-13(19)7-9-15)16(22)20-14-10-17(2,3)21-18(4,5)11-14/h6-9,12,14,21H,10-11H2,1-5H3,(H,20,22)/t12-/m0/s1. The molecule has 2 N–H and O–H groups in total. The van der Waals surface area contributed by atoms with Gasteiger partial charge in [0, 0.05) is 21.6 Å². The second kappa shape index (κ2) is 6.81. The monoisotopic (exact) mass is 382 g/mol. The van der Waals surface area contributed by atoms with E-state index in [0.29, 0.717) is 5.75 Å². The second-order valence-electron chi connectivity index (χ2n) is 7.72. The van der Waals surface area contributed by atoms with Crippen molar-refractivity contribution in [3.8, 4) is 5.75 Å². The summed E-state index contributed by atoms with van der Waals surface area (Å²) in [7, 11) is 0. The molecule has 0 bridgehead atoms. The summed E-state index contributed by atoms with van der Waals surface area (Å²) in [4.78, 5) is 12.4. The van der Waals surface area contributed by atoms with Gasteiger partial charge in [0.05, 0.1) is 0 Å². The third-order valence-corrected chi connectivity index (χ3v) is 4.56. The number of hydrogen-bond donors (Lipinski definition) is 2. The number of halogens is 1. The summed E-state index contributed by atoms with van der Waals surface area (Å²) >= 11 is 3.39. The molecule has 0 aromatic heterocycles. The van der Waals surface area contributed by atoms with Crippen LogP contribution in [0, 0.1) is 0 Å². The fourth-order valence-electron chi connectivity index (χ4n) is 3.51. The van der Waals surface area contributed by atoms with Crippen LogP contribution in [0.2, 0.25) is 0 Å². The molecule has 4 nitrogen and oxygen atoms in total. The molecule has 0 unspecified atom stereocenters. The van der Waals surface area contributed by atoms with Crippen LogP contribution in [0.5, 0.6) is 5.75 Å². The molecule has 0 aliphatic carbocycles. The number of nitrogens with one attached hydrogen (secondary N) is 2. The minimum atomic E-state index is -0.516. The lowest BCUT2D eigenvalue weighted by Gasteiger charge is -2.46. The first kappa shape index (κ1) is 18.3. The SMILES string of the molecule is C[C@H](Oc1ccc(Br)cc1)C(=O)NC1CC(C)(C)NC(C)(C)C1. The molecule has 1 saturated heterocycles. The highest BCUT2D eigenvalue weighted by molar-refractivity contribution is 9.10. The van der Waals surface area contributed by atoms with E-state index in [1.165, 1.54) is 0 Å². The minimum Gasteiger partial charge on any atom is -0.481 e. The maximum Gasteiger partial charge on any atom is 0.260 e. The molecule has 1 aliphatic rings. The molecular weight excluding hydrogens is 356 g/mol. The van der Waals surface area contributed by atoms with Gasteiger partial charge in [-0.1, -0.05) is 15.9 Å². The van der Waals surface area contributed by atoms with Crippen LogP contribution >= 0.6 is 15.9 Å². The van der Waals surface area contributed by atoms with E-state index in [1.54, 1.807) is 6.92 Å². The smallest absolute Gasteiger partial charge is 0.260 e. The third-order valence-electron chi connectivity index (χ3n) is 4.03. The third kappa shape index (κ3) is 5.50. The van der Waals surface area contributed by atoms with Gasteiger partial charge in [-0.05, 0) is 71.7 Å². The number of piperidine rings is 1. The molecule has 1 heterocycles. The summed E-state index contributed by atoms with van der Waals surface area (Å²) in [6, 6.07) is 7.66. The van der Waals surface area contributed by atoms with Gasteiger partial charge >= 0.3 is 0 Å². The van der Waals surface area contributed by atoms with Crippen molar-refractivity contribution in [3.05, 3.63) is 28.7 Å². The highest BCUT2D eigenvalue weighted by Crippen LogP contribution is 2.28. The zero-order chi connectivity index (χ0) is 17.3. The van der Waals surface area contributed by atoms with Crippen LogP contribution < -0.4 is 15.4 Å². The molecule has 1 amide bonds. The van der Waals surface area contributed by atoms with E-state index in [0.717, 1.165) is 17.3 Å². The van der Waals surface area contributed by atoms with Gasteiger partial charge in [-0.2, -0.15) is 0 Å². The molecule has 0 spiro atoms. The van der Waals surface area contributed by atoms with E-state index in [9.17, 15) is 4.79 Å². The summed E-state index contributed by atoms with van der Waals surface area (Å²) < 4.78 is 6.72. The van der Waals surface area contributed by atoms with E-state index in [-0.39, 0.29) is 23.0 Å². The quantitative estimate of drug-likeness (QED) is 0.835. The Balaban J connectivity index is 1.94. The molecule has 23 heavy (non-hydrogen) atoms. The predicted molar refractivity (Wildman–Crippen MR) is 96.7 cm³/mol. The number of ether oxygens (including phenoxy) is 1. The summed E-state index contributed by atoms with van der Waals surface area (Å²) in [6.07, 6.45) is 1.30. The molecule has 128 valence electrons. The zero-order valence-corrected chi connectivity index (χ0v) is 16.2. The summed E-state index contributed by atoms with van der Waals surface area (Å²) in [5, 5.41) is 6.77. The fourth-order valence-corrected chi connectivity index (χ4v) is 3.78. The normalized spacial score (nSPS) is 21.5. The Kier molecular flexibility index (Phi) is 5.41. The van der Waals surface area contributed by atoms with Crippen LogP contribution in [0.1, 0.15) is 47.5 Å². The Labute approximate surface area is 147 Å².